The van der Waals surface area contributed by atoms with Gasteiger partial charge < -0.3 is 15.4 Å². The Hall–Kier alpha value is -0.940. The molecule has 0 radical (unpaired) electrons. The lowest BCUT2D eigenvalue weighted by molar-refractivity contribution is -0.152. The van der Waals surface area contributed by atoms with Gasteiger partial charge in [-0.1, -0.05) is 0 Å². The molecule has 0 saturated carbocycles. The third-order valence-electron chi connectivity index (χ3n) is 1.90. The van der Waals surface area contributed by atoms with Crippen molar-refractivity contribution in [2.75, 3.05) is 13.1 Å². The number of piperazine rings is 1. The lowest BCUT2D eigenvalue weighted by Crippen LogP contribution is -2.57. The Morgan fingerprint density at radius 2 is 1.55 bits per heavy atom. The average molecular weight is 156 g/mol. The van der Waals surface area contributed by atoms with Crippen molar-refractivity contribution in [2.45, 2.75) is 12.1 Å². The molecule has 11 heavy (non-hydrogen) atoms. The second-order valence-corrected chi connectivity index (χ2v) is 2.60. The van der Waals surface area contributed by atoms with Gasteiger partial charge >= 0.3 is 11.9 Å². The van der Waals surface area contributed by atoms with E-state index in [1.807, 2.05) is 0 Å². The van der Waals surface area contributed by atoms with Gasteiger partial charge in [0.05, 0.1) is 0 Å². The molecule has 5 heteroatoms. The summed E-state index contributed by atoms with van der Waals surface area (Å²) in [5.74, 6) is -0.931. The zero-order valence-electron chi connectivity index (χ0n) is 5.79. The lowest BCUT2D eigenvalue weighted by atomic mass is 10.1. The third kappa shape index (κ3) is 0.928. The number of nitrogens with one attached hydrogen (secondary N) is 2. The number of carbonyl (C=O) groups is 2. The van der Waals surface area contributed by atoms with Crippen molar-refractivity contribution >= 4 is 11.9 Å². The van der Waals surface area contributed by atoms with Crippen LogP contribution in [0.25, 0.3) is 0 Å². The number of hydrogen-bond donors (Lipinski definition) is 2. The van der Waals surface area contributed by atoms with E-state index in [0.717, 1.165) is 0 Å². The van der Waals surface area contributed by atoms with Crippen LogP contribution in [0.2, 0.25) is 0 Å². The van der Waals surface area contributed by atoms with Crippen molar-refractivity contribution in [3.05, 3.63) is 0 Å². The fourth-order valence-corrected chi connectivity index (χ4v) is 1.36. The van der Waals surface area contributed by atoms with Crippen molar-refractivity contribution in [1.29, 1.82) is 0 Å². The number of fused-ring (bicyclic) bond motifs is 1. The van der Waals surface area contributed by atoms with Gasteiger partial charge in [-0.25, -0.2) is 9.59 Å². The summed E-state index contributed by atoms with van der Waals surface area (Å²) in [6, 6.07) is -0.924. The largest absolute Gasteiger partial charge is 0.391 e. The van der Waals surface area contributed by atoms with Gasteiger partial charge in [0, 0.05) is 13.1 Å². The second kappa shape index (κ2) is 2.28. The minimum absolute atomic E-state index is 0.462. The lowest BCUT2D eigenvalue weighted by Gasteiger charge is -2.21. The van der Waals surface area contributed by atoms with Crippen LogP contribution in [0, 0.1) is 0 Å². The average Bonchev–Trinajstić information content (AvgIpc) is 2.30. The van der Waals surface area contributed by atoms with Crippen LogP contribution < -0.4 is 10.6 Å². The maximum absolute atomic E-state index is 10.9. The predicted octanol–water partition coefficient (Wildman–Crippen LogP) is -2.00. The molecule has 2 unspecified atom stereocenters. The van der Waals surface area contributed by atoms with Gasteiger partial charge in [-0.15, -0.1) is 0 Å². The maximum atomic E-state index is 10.9. The Bertz CT molecular complexity index is 194. The first-order valence-corrected chi connectivity index (χ1v) is 3.51. The highest BCUT2D eigenvalue weighted by molar-refractivity contribution is 6.01. The Kier molecular flexibility index (Phi) is 1.40. The summed E-state index contributed by atoms with van der Waals surface area (Å²) in [7, 11) is 0. The van der Waals surface area contributed by atoms with Crippen LogP contribution in [-0.2, 0) is 14.3 Å². The van der Waals surface area contributed by atoms with Crippen LogP contribution in [0.15, 0.2) is 0 Å². The van der Waals surface area contributed by atoms with Gasteiger partial charge in [0.25, 0.3) is 0 Å². The smallest absolute Gasteiger partial charge is 0.333 e. The van der Waals surface area contributed by atoms with Gasteiger partial charge in [0.1, 0.15) is 12.1 Å². The SMILES string of the molecule is O=C1OC(=O)C2NCCNC12. The number of hydrogen-bond acceptors (Lipinski definition) is 5. The van der Waals surface area contributed by atoms with Crippen molar-refractivity contribution in [2.24, 2.45) is 0 Å². The summed E-state index contributed by atoms with van der Waals surface area (Å²) in [4.78, 5) is 21.7. The molecule has 2 heterocycles. The summed E-state index contributed by atoms with van der Waals surface area (Å²) in [6.07, 6.45) is 0. The van der Waals surface area contributed by atoms with Gasteiger partial charge in [-0.2, -0.15) is 0 Å². The topological polar surface area (TPSA) is 67.4 Å². The van der Waals surface area contributed by atoms with Gasteiger partial charge in [-0.05, 0) is 0 Å². The van der Waals surface area contributed by atoms with Crippen molar-refractivity contribution < 1.29 is 14.3 Å². The molecular weight excluding hydrogens is 148 g/mol. The highest BCUT2D eigenvalue weighted by Crippen LogP contribution is 2.10. The van der Waals surface area contributed by atoms with E-state index in [0.29, 0.717) is 13.1 Å². The molecule has 2 fully saturated rings. The molecule has 2 aliphatic rings. The first-order valence-electron chi connectivity index (χ1n) is 3.51. The first kappa shape index (κ1) is 6.75. The quantitative estimate of drug-likeness (QED) is 0.313. The van der Waals surface area contributed by atoms with Crippen LogP contribution >= 0.6 is 0 Å². The fraction of sp³-hybridized carbons (Fsp3) is 0.667. The van der Waals surface area contributed by atoms with E-state index in [2.05, 4.69) is 15.4 Å². The standard InChI is InChI=1S/C6H8N2O3/c9-5-3-4(6(10)11-5)8-2-1-7-3/h3-4,7-8H,1-2H2. The normalized spacial score (nSPS) is 36.7. The zero-order chi connectivity index (χ0) is 7.84. The number of carbonyl (C=O) groups excluding carboxylic acids is 2. The van der Waals surface area contributed by atoms with E-state index in [1.54, 1.807) is 0 Å². The number of cyclic esters (lactones) is 2. The summed E-state index contributed by atoms with van der Waals surface area (Å²) in [6.45, 7) is 1.40. The molecular formula is C6H8N2O3. The molecule has 0 bridgehead atoms. The van der Waals surface area contributed by atoms with Crippen molar-refractivity contribution in [3.63, 3.8) is 0 Å². The van der Waals surface area contributed by atoms with Crippen LogP contribution in [-0.4, -0.2) is 37.1 Å². The van der Waals surface area contributed by atoms with Crippen molar-refractivity contribution in [3.8, 4) is 0 Å². The Balaban J connectivity index is 2.19. The molecule has 0 aliphatic carbocycles. The minimum Gasteiger partial charge on any atom is -0.391 e. The molecule has 0 aromatic rings. The maximum Gasteiger partial charge on any atom is 0.333 e. The van der Waals surface area contributed by atoms with E-state index in [9.17, 15) is 9.59 Å². The van der Waals surface area contributed by atoms with Gasteiger partial charge in [0.15, 0.2) is 0 Å². The van der Waals surface area contributed by atoms with Crippen LogP contribution in [0.5, 0.6) is 0 Å². The summed E-state index contributed by atoms with van der Waals surface area (Å²) >= 11 is 0. The third-order valence-corrected chi connectivity index (χ3v) is 1.90. The number of ether oxygens (including phenoxy) is 1. The fourth-order valence-electron chi connectivity index (χ4n) is 1.36. The summed E-state index contributed by atoms with van der Waals surface area (Å²) < 4.78 is 4.41. The Morgan fingerprint density at radius 3 is 2.00 bits per heavy atom. The Morgan fingerprint density at radius 1 is 1.09 bits per heavy atom. The monoisotopic (exact) mass is 156 g/mol. The van der Waals surface area contributed by atoms with Crippen LogP contribution in [0.1, 0.15) is 0 Å². The summed E-state index contributed by atoms with van der Waals surface area (Å²) in [5.41, 5.74) is 0. The van der Waals surface area contributed by atoms with E-state index < -0.39 is 24.0 Å². The number of esters is 2. The molecule has 0 aromatic carbocycles. The molecule has 2 N–H and O–H groups in total. The predicted molar refractivity (Wildman–Crippen MR) is 34.7 cm³/mol. The van der Waals surface area contributed by atoms with E-state index in [4.69, 9.17) is 0 Å². The summed E-state index contributed by atoms with van der Waals surface area (Å²) in [5, 5.41) is 5.81. The van der Waals surface area contributed by atoms with E-state index >= 15 is 0 Å². The Labute approximate surface area is 63.1 Å². The molecule has 60 valence electrons. The van der Waals surface area contributed by atoms with Crippen LogP contribution in [0.4, 0.5) is 0 Å². The van der Waals surface area contributed by atoms with Crippen LogP contribution in [0.3, 0.4) is 0 Å². The van der Waals surface area contributed by atoms with Gasteiger partial charge in [-0.3, -0.25) is 0 Å². The minimum atomic E-state index is -0.466. The molecule has 0 spiro atoms. The van der Waals surface area contributed by atoms with Crippen molar-refractivity contribution in [1.82, 2.24) is 10.6 Å². The molecule has 2 rings (SSSR count). The van der Waals surface area contributed by atoms with E-state index in [-0.39, 0.29) is 0 Å². The molecule has 0 amide bonds. The zero-order valence-corrected chi connectivity index (χ0v) is 5.79. The van der Waals surface area contributed by atoms with Gasteiger partial charge in [0.2, 0.25) is 0 Å². The molecule has 0 aromatic heterocycles. The first-order chi connectivity index (χ1) is 5.29. The highest BCUT2D eigenvalue weighted by atomic mass is 16.6. The molecule has 5 nitrogen and oxygen atoms in total. The number of rotatable bonds is 0. The molecule has 2 saturated heterocycles. The molecule has 2 aliphatic heterocycles. The van der Waals surface area contributed by atoms with E-state index in [1.165, 1.54) is 0 Å². The second-order valence-electron chi connectivity index (χ2n) is 2.60. The molecule has 2 atom stereocenters. The highest BCUT2D eigenvalue weighted by Gasteiger charge is 2.45.